The first-order chi connectivity index (χ1) is 19.6. The summed E-state index contributed by atoms with van der Waals surface area (Å²) in [6.07, 6.45) is 3.35. The van der Waals surface area contributed by atoms with Gasteiger partial charge in [-0.3, -0.25) is 9.35 Å². The molecule has 3 aliphatic rings. The van der Waals surface area contributed by atoms with Crippen molar-refractivity contribution in [3.63, 3.8) is 0 Å². The van der Waals surface area contributed by atoms with Crippen LogP contribution in [0.5, 0.6) is 0 Å². The molecule has 2 aromatic carbocycles. The predicted molar refractivity (Wildman–Crippen MR) is 152 cm³/mol. The summed E-state index contributed by atoms with van der Waals surface area (Å²) in [4.78, 5) is 14.1. The second-order valence-corrected chi connectivity index (χ2v) is 13.3. The van der Waals surface area contributed by atoms with Gasteiger partial charge >= 0.3 is 0 Å². The van der Waals surface area contributed by atoms with Crippen molar-refractivity contribution < 1.29 is 31.4 Å². The summed E-state index contributed by atoms with van der Waals surface area (Å²) in [5, 5.41) is 7.69. The van der Waals surface area contributed by atoms with Gasteiger partial charge in [0.05, 0.1) is 34.2 Å². The van der Waals surface area contributed by atoms with Gasteiger partial charge in [-0.05, 0) is 56.0 Å². The molecule has 1 aliphatic heterocycles. The number of carbonyl (C=O) groups is 1. The maximum absolute atomic E-state index is 14.8. The molecule has 1 saturated heterocycles. The first-order valence-electron chi connectivity index (χ1n) is 13.4. The van der Waals surface area contributed by atoms with Crippen LogP contribution >= 0.6 is 23.2 Å². The van der Waals surface area contributed by atoms with Gasteiger partial charge in [0, 0.05) is 47.7 Å². The van der Waals surface area contributed by atoms with E-state index in [0.717, 1.165) is 37.0 Å². The standard InChI is InChI=1S/C28H28Cl2FN3O6S/c29-20-2-1-3-21(30)26(20)27-19(28(40-33-27)15-4-5-15)14-39-24-12-18-10-16(24)13-34(18)17-6-7-23(22(31)11-17)32-25(35)8-9-41(36,37)38/h1-3,6-7,11,15-16,18,24H,4-5,8-10,12-14H2,(H,32,35)(H,36,37,38)/t16-,18-,24+/m0/s1. The van der Waals surface area contributed by atoms with E-state index in [4.69, 9.17) is 37.0 Å². The minimum atomic E-state index is -4.28. The maximum atomic E-state index is 14.8. The van der Waals surface area contributed by atoms with E-state index in [1.54, 1.807) is 24.3 Å². The van der Waals surface area contributed by atoms with Crippen molar-refractivity contribution in [1.82, 2.24) is 5.16 Å². The number of hydrogen-bond donors (Lipinski definition) is 2. The fourth-order valence-corrected chi connectivity index (χ4v) is 6.90. The molecule has 1 aromatic heterocycles. The topological polar surface area (TPSA) is 122 Å². The lowest BCUT2D eigenvalue weighted by molar-refractivity contribution is -0.115. The van der Waals surface area contributed by atoms with Gasteiger partial charge < -0.3 is 19.5 Å². The van der Waals surface area contributed by atoms with Crippen LogP contribution in [0.2, 0.25) is 10.0 Å². The minimum absolute atomic E-state index is 0.0268. The van der Waals surface area contributed by atoms with E-state index >= 15 is 0 Å². The number of piperidine rings is 1. The molecule has 6 rings (SSSR count). The minimum Gasteiger partial charge on any atom is -0.373 e. The van der Waals surface area contributed by atoms with E-state index in [1.165, 1.54) is 12.1 Å². The molecule has 13 heteroatoms. The van der Waals surface area contributed by atoms with Crippen LogP contribution in [-0.4, -0.2) is 48.5 Å². The Morgan fingerprint density at radius 1 is 1.20 bits per heavy atom. The molecule has 0 radical (unpaired) electrons. The van der Waals surface area contributed by atoms with E-state index in [9.17, 15) is 17.6 Å². The summed E-state index contributed by atoms with van der Waals surface area (Å²) < 4.78 is 57.5. The molecule has 2 heterocycles. The Morgan fingerprint density at radius 3 is 2.59 bits per heavy atom. The van der Waals surface area contributed by atoms with Gasteiger partial charge in [-0.2, -0.15) is 8.42 Å². The maximum Gasteiger partial charge on any atom is 0.265 e. The fraction of sp³-hybridized carbons (Fsp3) is 0.429. The zero-order chi connectivity index (χ0) is 28.9. The third-order valence-corrected chi connectivity index (χ3v) is 9.38. The fourth-order valence-electron chi connectivity index (χ4n) is 5.88. The molecule has 0 spiro atoms. The van der Waals surface area contributed by atoms with Crippen molar-refractivity contribution in [3.05, 3.63) is 63.6 Å². The molecule has 3 atom stereocenters. The summed E-state index contributed by atoms with van der Waals surface area (Å²) in [5.41, 5.74) is 2.81. The smallest absolute Gasteiger partial charge is 0.265 e. The highest BCUT2D eigenvalue weighted by Gasteiger charge is 2.46. The highest BCUT2D eigenvalue weighted by atomic mass is 35.5. The summed E-state index contributed by atoms with van der Waals surface area (Å²) in [7, 11) is -4.28. The van der Waals surface area contributed by atoms with Crippen LogP contribution in [0, 0.1) is 11.7 Å². The molecular formula is C28H28Cl2FN3O6S. The normalized spacial score (nSPS) is 22.0. The Morgan fingerprint density at radius 2 is 1.95 bits per heavy atom. The Kier molecular flexibility index (Phi) is 7.75. The van der Waals surface area contributed by atoms with Crippen molar-refractivity contribution in [1.29, 1.82) is 0 Å². The van der Waals surface area contributed by atoms with E-state index < -0.39 is 34.0 Å². The number of rotatable bonds is 10. The quantitative estimate of drug-likeness (QED) is 0.261. The number of benzene rings is 2. The molecule has 3 fully saturated rings. The Labute approximate surface area is 246 Å². The van der Waals surface area contributed by atoms with E-state index in [-0.39, 0.29) is 23.8 Å². The number of carbonyl (C=O) groups excluding carboxylic acids is 1. The molecule has 9 nitrogen and oxygen atoms in total. The van der Waals surface area contributed by atoms with Gasteiger partial charge in [0.2, 0.25) is 5.91 Å². The molecule has 2 N–H and O–H groups in total. The first kappa shape index (κ1) is 28.4. The number of ether oxygens (including phenoxy) is 1. The van der Waals surface area contributed by atoms with Crippen LogP contribution in [0.1, 0.15) is 49.3 Å². The third-order valence-electron chi connectivity index (χ3n) is 8.03. The Bertz CT molecular complexity index is 1580. The lowest BCUT2D eigenvalue weighted by Gasteiger charge is -2.33. The van der Waals surface area contributed by atoms with Crippen LogP contribution in [0.15, 0.2) is 40.9 Å². The number of halogens is 3. The van der Waals surface area contributed by atoms with Gasteiger partial charge in [0.1, 0.15) is 17.3 Å². The number of hydrogen-bond acceptors (Lipinski definition) is 7. The monoisotopic (exact) mass is 623 g/mol. The lowest BCUT2D eigenvalue weighted by Crippen LogP contribution is -2.38. The van der Waals surface area contributed by atoms with Gasteiger partial charge in [-0.25, -0.2) is 4.39 Å². The third kappa shape index (κ3) is 6.10. The molecule has 1 amide bonds. The van der Waals surface area contributed by atoms with E-state index in [2.05, 4.69) is 15.4 Å². The number of nitrogens with one attached hydrogen (secondary N) is 1. The molecule has 41 heavy (non-hydrogen) atoms. The predicted octanol–water partition coefficient (Wildman–Crippen LogP) is 6.07. The van der Waals surface area contributed by atoms with Gasteiger partial charge in [0.15, 0.2) is 0 Å². The zero-order valence-corrected chi connectivity index (χ0v) is 24.2. The highest BCUT2D eigenvalue weighted by Crippen LogP contribution is 2.47. The van der Waals surface area contributed by atoms with Crippen molar-refractivity contribution in [2.45, 2.75) is 56.8 Å². The first-order valence-corrected chi connectivity index (χ1v) is 15.8. The number of amides is 1. The molecule has 3 aromatic rings. The SMILES string of the molecule is O=C(CCS(=O)(=O)O)Nc1ccc(N2C[C@@H]3C[C@H]2C[C@H]3OCc2c(-c3c(Cl)cccc3Cl)noc2C2CC2)cc1F. The van der Waals surface area contributed by atoms with Crippen LogP contribution in [-0.2, 0) is 26.3 Å². The largest absolute Gasteiger partial charge is 0.373 e. The molecule has 2 saturated carbocycles. The summed E-state index contributed by atoms with van der Waals surface area (Å²) in [5.74, 6) is -0.624. The Balaban J connectivity index is 1.10. The van der Waals surface area contributed by atoms with Gasteiger partial charge in [0.25, 0.3) is 10.1 Å². The molecule has 218 valence electrons. The van der Waals surface area contributed by atoms with Crippen molar-refractivity contribution in [3.8, 4) is 11.3 Å². The van der Waals surface area contributed by atoms with Crippen molar-refractivity contribution in [2.75, 3.05) is 22.5 Å². The summed E-state index contributed by atoms with van der Waals surface area (Å²) in [6.45, 7) is 1.04. The van der Waals surface area contributed by atoms with Crippen LogP contribution in [0.25, 0.3) is 11.3 Å². The zero-order valence-electron chi connectivity index (χ0n) is 21.9. The summed E-state index contributed by atoms with van der Waals surface area (Å²) >= 11 is 13.0. The molecule has 2 aliphatic carbocycles. The van der Waals surface area contributed by atoms with Crippen molar-refractivity contribution >= 4 is 50.6 Å². The number of aromatic nitrogens is 1. The van der Waals surface area contributed by atoms with Crippen LogP contribution < -0.4 is 10.2 Å². The number of anilines is 2. The Hall–Kier alpha value is -2.70. The average molecular weight is 625 g/mol. The van der Waals surface area contributed by atoms with E-state index in [1.807, 2.05) is 0 Å². The number of nitrogens with zero attached hydrogens (tertiary/aromatic N) is 2. The van der Waals surface area contributed by atoms with Crippen LogP contribution in [0.3, 0.4) is 0 Å². The van der Waals surface area contributed by atoms with Crippen molar-refractivity contribution in [2.24, 2.45) is 5.92 Å². The number of fused-ring (bicyclic) bond motifs is 2. The molecular weight excluding hydrogens is 596 g/mol. The van der Waals surface area contributed by atoms with Crippen LogP contribution in [0.4, 0.5) is 15.8 Å². The molecule has 2 bridgehead atoms. The van der Waals surface area contributed by atoms with Gasteiger partial charge in [-0.15, -0.1) is 0 Å². The lowest BCUT2D eigenvalue weighted by atomic mass is 10.0. The molecule has 0 unspecified atom stereocenters. The van der Waals surface area contributed by atoms with E-state index in [0.29, 0.717) is 46.1 Å². The average Bonchev–Trinajstić information content (AvgIpc) is 3.37. The summed E-state index contributed by atoms with van der Waals surface area (Å²) in [6, 6.07) is 10.1. The second kappa shape index (κ2) is 11.2. The van der Waals surface area contributed by atoms with Gasteiger partial charge in [-0.1, -0.05) is 34.4 Å². The second-order valence-electron chi connectivity index (χ2n) is 10.9. The highest BCUT2D eigenvalue weighted by molar-refractivity contribution is 7.85.